The predicted molar refractivity (Wildman–Crippen MR) is 82.8 cm³/mol. The summed E-state index contributed by atoms with van der Waals surface area (Å²) in [6.07, 6.45) is 3.55. The Kier molecular flexibility index (Phi) is 4.29. The molecule has 0 radical (unpaired) electrons. The monoisotopic (exact) mass is 318 g/mol. The molecular weight excluding hydrogens is 299 g/mol. The van der Waals surface area contributed by atoms with Gasteiger partial charge in [0.15, 0.2) is 11.6 Å². The van der Waals surface area contributed by atoms with E-state index in [-0.39, 0.29) is 17.7 Å². The summed E-state index contributed by atoms with van der Waals surface area (Å²) in [4.78, 5) is 18.9. The van der Waals surface area contributed by atoms with Gasteiger partial charge >= 0.3 is 0 Å². The molecule has 7 heteroatoms. The topological polar surface area (TPSA) is 59.4 Å². The highest BCUT2D eigenvalue weighted by Crippen LogP contribution is 2.24. The standard InChI is InChI=1S/C16H19FN4O2/c1-20-7-6-19-15(20)13-10-18-5-8-21(13)16(22)11-3-4-14(23-2)12(17)9-11/h3-4,6-7,9,13,18H,5,8,10H2,1-2H3. The average molecular weight is 318 g/mol. The third-order valence-electron chi connectivity index (χ3n) is 4.06. The van der Waals surface area contributed by atoms with Gasteiger partial charge in [0.2, 0.25) is 0 Å². The zero-order chi connectivity index (χ0) is 16.4. The SMILES string of the molecule is COc1ccc(C(=O)N2CCNCC2c2nccn2C)cc1F. The van der Waals surface area contributed by atoms with E-state index in [0.717, 1.165) is 5.82 Å². The fourth-order valence-corrected chi connectivity index (χ4v) is 2.84. The summed E-state index contributed by atoms with van der Waals surface area (Å²) in [6.45, 7) is 1.87. The third-order valence-corrected chi connectivity index (χ3v) is 4.06. The Bertz CT molecular complexity index is 716. The van der Waals surface area contributed by atoms with Crippen molar-refractivity contribution in [2.75, 3.05) is 26.7 Å². The van der Waals surface area contributed by atoms with Crippen LogP contribution in [0.5, 0.6) is 5.75 Å². The van der Waals surface area contributed by atoms with Crippen LogP contribution in [0.25, 0.3) is 0 Å². The number of piperazine rings is 1. The van der Waals surface area contributed by atoms with Crippen LogP contribution in [-0.4, -0.2) is 47.1 Å². The Morgan fingerprint density at radius 1 is 1.48 bits per heavy atom. The molecular formula is C16H19FN4O2. The van der Waals surface area contributed by atoms with E-state index >= 15 is 0 Å². The lowest BCUT2D eigenvalue weighted by Gasteiger charge is -2.35. The van der Waals surface area contributed by atoms with Crippen LogP contribution in [0.2, 0.25) is 0 Å². The number of aryl methyl sites for hydroxylation is 1. The molecule has 1 unspecified atom stereocenters. The second-order valence-electron chi connectivity index (χ2n) is 5.46. The van der Waals surface area contributed by atoms with Crippen molar-refractivity contribution in [3.8, 4) is 5.75 Å². The van der Waals surface area contributed by atoms with Crippen LogP contribution < -0.4 is 10.1 Å². The van der Waals surface area contributed by atoms with Crippen LogP contribution in [0, 0.1) is 5.82 Å². The predicted octanol–water partition coefficient (Wildman–Crippen LogP) is 1.35. The molecule has 1 fully saturated rings. The van der Waals surface area contributed by atoms with Gasteiger partial charge in [-0.05, 0) is 18.2 Å². The first-order valence-corrected chi connectivity index (χ1v) is 7.44. The largest absolute Gasteiger partial charge is 0.494 e. The minimum atomic E-state index is -0.540. The van der Waals surface area contributed by atoms with Crippen molar-refractivity contribution in [2.45, 2.75) is 6.04 Å². The van der Waals surface area contributed by atoms with Gasteiger partial charge in [-0.1, -0.05) is 0 Å². The third kappa shape index (κ3) is 2.92. The lowest BCUT2D eigenvalue weighted by Crippen LogP contribution is -2.49. The zero-order valence-corrected chi connectivity index (χ0v) is 13.1. The number of methoxy groups -OCH3 is 1. The number of ether oxygens (including phenoxy) is 1. The van der Waals surface area contributed by atoms with E-state index in [1.807, 2.05) is 17.8 Å². The highest BCUT2D eigenvalue weighted by Gasteiger charge is 2.31. The number of halogens is 1. The van der Waals surface area contributed by atoms with Gasteiger partial charge in [0, 0.05) is 44.6 Å². The van der Waals surface area contributed by atoms with Gasteiger partial charge in [-0.15, -0.1) is 0 Å². The zero-order valence-electron chi connectivity index (χ0n) is 13.1. The Balaban J connectivity index is 1.90. The number of hydrogen-bond acceptors (Lipinski definition) is 4. The van der Waals surface area contributed by atoms with E-state index < -0.39 is 5.82 Å². The van der Waals surface area contributed by atoms with E-state index in [4.69, 9.17) is 4.74 Å². The Labute approximate surface area is 133 Å². The number of carbonyl (C=O) groups is 1. The molecule has 2 heterocycles. The van der Waals surface area contributed by atoms with Gasteiger partial charge in [0.25, 0.3) is 5.91 Å². The summed E-state index contributed by atoms with van der Waals surface area (Å²) >= 11 is 0. The van der Waals surface area contributed by atoms with Crippen LogP contribution in [0.3, 0.4) is 0 Å². The molecule has 0 spiro atoms. The molecule has 0 bridgehead atoms. The molecule has 3 rings (SSSR count). The van der Waals surface area contributed by atoms with E-state index in [1.165, 1.54) is 19.2 Å². The molecule has 0 saturated carbocycles. The number of amides is 1. The summed E-state index contributed by atoms with van der Waals surface area (Å²) < 4.78 is 20.7. The van der Waals surface area contributed by atoms with Gasteiger partial charge in [0.05, 0.1) is 7.11 Å². The molecule has 1 aliphatic heterocycles. The molecule has 1 amide bonds. The normalized spacial score (nSPS) is 18.0. The van der Waals surface area contributed by atoms with Crippen molar-refractivity contribution in [1.29, 1.82) is 0 Å². The first-order valence-electron chi connectivity index (χ1n) is 7.44. The highest BCUT2D eigenvalue weighted by atomic mass is 19.1. The maximum atomic E-state index is 13.9. The van der Waals surface area contributed by atoms with Crippen molar-refractivity contribution in [1.82, 2.24) is 19.8 Å². The van der Waals surface area contributed by atoms with Crippen molar-refractivity contribution in [3.05, 3.63) is 47.8 Å². The Hall–Kier alpha value is -2.41. The first-order chi connectivity index (χ1) is 11.1. The molecule has 1 atom stereocenters. The molecule has 122 valence electrons. The number of imidazole rings is 1. The minimum absolute atomic E-state index is 0.127. The number of carbonyl (C=O) groups excluding carboxylic acids is 1. The molecule has 6 nitrogen and oxygen atoms in total. The summed E-state index contributed by atoms with van der Waals surface area (Å²) in [6, 6.07) is 4.10. The lowest BCUT2D eigenvalue weighted by molar-refractivity contribution is 0.0620. The van der Waals surface area contributed by atoms with Crippen LogP contribution in [0.15, 0.2) is 30.6 Å². The Morgan fingerprint density at radius 3 is 2.96 bits per heavy atom. The molecule has 1 aromatic carbocycles. The summed E-state index contributed by atoms with van der Waals surface area (Å²) in [7, 11) is 3.29. The van der Waals surface area contributed by atoms with E-state index in [9.17, 15) is 9.18 Å². The number of aromatic nitrogens is 2. The second kappa shape index (κ2) is 6.37. The molecule has 1 saturated heterocycles. The molecule has 2 aromatic rings. The van der Waals surface area contributed by atoms with E-state index in [0.29, 0.717) is 25.2 Å². The summed E-state index contributed by atoms with van der Waals surface area (Å²) in [5, 5.41) is 3.27. The van der Waals surface area contributed by atoms with Crippen molar-refractivity contribution in [3.63, 3.8) is 0 Å². The number of rotatable bonds is 3. The smallest absolute Gasteiger partial charge is 0.254 e. The van der Waals surface area contributed by atoms with Crippen LogP contribution in [0.1, 0.15) is 22.2 Å². The maximum Gasteiger partial charge on any atom is 0.254 e. The van der Waals surface area contributed by atoms with Crippen LogP contribution >= 0.6 is 0 Å². The first kappa shape index (κ1) is 15.5. The average Bonchev–Trinajstić information content (AvgIpc) is 3.00. The fourth-order valence-electron chi connectivity index (χ4n) is 2.84. The van der Waals surface area contributed by atoms with E-state index in [1.54, 1.807) is 17.2 Å². The number of hydrogen-bond donors (Lipinski definition) is 1. The number of nitrogens with one attached hydrogen (secondary N) is 1. The molecule has 0 aliphatic carbocycles. The van der Waals surface area contributed by atoms with Crippen molar-refractivity contribution in [2.24, 2.45) is 7.05 Å². The summed E-state index contributed by atoms with van der Waals surface area (Å²) in [5.41, 5.74) is 0.310. The maximum absolute atomic E-state index is 13.9. The second-order valence-corrected chi connectivity index (χ2v) is 5.46. The van der Waals surface area contributed by atoms with Gasteiger partial charge in [0.1, 0.15) is 11.9 Å². The highest BCUT2D eigenvalue weighted by molar-refractivity contribution is 5.94. The molecule has 1 aromatic heterocycles. The lowest BCUT2D eigenvalue weighted by atomic mass is 10.1. The fraction of sp³-hybridized carbons (Fsp3) is 0.375. The van der Waals surface area contributed by atoms with Gasteiger partial charge in [-0.25, -0.2) is 9.37 Å². The van der Waals surface area contributed by atoms with Gasteiger partial charge in [-0.2, -0.15) is 0 Å². The van der Waals surface area contributed by atoms with Crippen molar-refractivity contribution >= 4 is 5.91 Å². The molecule has 1 N–H and O–H groups in total. The quantitative estimate of drug-likeness (QED) is 0.928. The molecule has 1 aliphatic rings. The van der Waals surface area contributed by atoms with Crippen LogP contribution in [0.4, 0.5) is 4.39 Å². The van der Waals surface area contributed by atoms with Crippen LogP contribution in [-0.2, 0) is 7.05 Å². The Morgan fingerprint density at radius 2 is 2.30 bits per heavy atom. The number of nitrogens with zero attached hydrogens (tertiary/aromatic N) is 3. The van der Waals surface area contributed by atoms with Crippen molar-refractivity contribution < 1.29 is 13.9 Å². The van der Waals surface area contributed by atoms with Gasteiger partial charge < -0.3 is 19.5 Å². The molecule has 23 heavy (non-hydrogen) atoms. The number of benzene rings is 1. The minimum Gasteiger partial charge on any atom is -0.494 e. The van der Waals surface area contributed by atoms with Gasteiger partial charge in [-0.3, -0.25) is 4.79 Å². The van der Waals surface area contributed by atoms with E-state index in [2.05, 4.69) is 10.3 Å². The summed E-state index contributed by atoms with van der Waals surface area (Å²) in [5.74, 6) is 0.185.